The second-order valence-electron chi connectivity index (χ2n) is 21.2. The van der Waals surface area contributed by atoms with E-state index in [0.717, 1.165) is 19.3 Å². The molecule has 0 bridgehead atoms. The van der Waals surface area contributed by atoms with Gasteiger partial charge < -0.3 is 20.5 Å². The number of piperazine rings is 1. The highest BCUT2D eigenvalue weighted by molar-refractivity contribution is 5.81. The molecule has 6 fully saturated rings. The number of carboxylic acids is 1. The fraction of sp³-hybridized carbons (Fsp3) is 0.909. The van der Waals surface area contributed by atoms with Crippen molar-refractivity contribution in [2.45, 2.75) is 164 Å². The second-order valence-corrected chi connectivity index (χ2v) is 21.2. The first kappa shape index (κ1) is 39.3. The van der Waals surface area contributed by atoms with Crippen molar-refractivity contribution in [1.29, 1.82) is 0 Å². The molecule has 6 aliphatic rings. The van der Waals surface area contributed by atoms with Gasteiger partial charge in [-0.05, 0) is 157 Å². The molecule has 0 aromatic rings. The van der Waals surface area contributed by atoms with Crippen LogP contribution in [-0.4, -0.2) is 77.3 Å². The number of nitrogens with zero attached hydrogens (tertiary/aromatic N) is 2. The number of esters is 1. The molecular formula is C44H75N3O4. The lowest BCUT2D eigenvalue weighted by atomic mass is 9.31. The van der Waals surface area contributed by atoms with Crippen molar-refractivity contribution in [3.63, 3.8) is 0 Å². The quantitative estimate of drug-likeness (QED) is 0.183. The molecule has 290 valence electrons. The Bertz CT molecular complexity index is 1370. The smallest absolute Gasteiger partial charge is 0.309 e. The van der Waals surface area contributed by atoms with Crippen molar-refractivity contribution in [3.8, 4) is 0 Å². The lowest BCUT2D eigenvalue weighted by molar-refractivity contribution is -0.254. The van der Waals surface area contributed by atoms with Gasteiger partial charge in [-0.2, -0.15) is 0 Å². The summed E-state index contributed by atoms with van der Waals surface area (Å²) in [6, 6.07) is 0.625. The molecule has 1 saturated heterocycles. The zero-order valence-electron chi connectivity index (χ0n) is 34.3. The topological polar surface area (TPSA) is 96.1 Å². The maximum Gasteiger partial charge on any atom is 0.309 e. The molecule has 51 heavy (non-hydrogen) atoms. The fourth-order valence-electron chi connectivity index (χ4n) is 14.7. The van der Waals surface area contributed by atoms with E-state index in [1.54, 1.807) is 13.8 Å². The van der Waals surface area contributed by atoms with Crippen LogP contribution >= 0.6 is 0 Å². The minimum atomic E-state index is -1.13. The number of carbonyl (C=O) groups excluding carboxylic acids is 1. The van der Waals surface area contributed by atoms with Gasteiger partial charge in [0.1, 0.15) is 6.10 Å². The van der Waals surface area contributed by atoms with E-state index in [4.69, 9.17) is 10.5 Å². The van der Waals surface area contributed by atoms with Gasteiger partial charge in [-0.15, -0.1) is 0 Å². The summed E-state index contributed by atoms with van der Waals surface area (Å²) in [6.07, 6.45) is 12.6. The molecule has 3 N–H and O–H groups in total. The predicted octanol–water partition coefficient (Wildman–Crippen LogP) is 8.55. The van der Waals surface area contributed by atoms with Crippen LogP contribution in [0.3, 0.4) is 0 Å². The number of fused-ring (bicyclic) bond motifs is 7. The fourth-order valence-corrected chi connectivity index (χ4v) is 14.7. The van der Waals surface area contributed by atoms with Gasteiger partial charge in [0.05, 0.1) is 11.8 Å². The summed E-state index contributed by atoms with van der Waals surface area (Å²) in [5.74, 6) is 0.593. The Labute approximate surface area is 311 Å². The summed E-state index contributed by atoms with van der Waals surface area (Å²) in [4.78, 5) is 30.2. The van der Waals surface area contributed by atoms with Gasteiger partial charge in [-0.3, -0.25) is 14.5 Å². The highest BCUT2D eigenvalue weighted by atomic mass is 16.5. The molecule has 0 aromatic carbocycles. The van der Waals surface area contributed by atoms with Crippen molar-refractivity contribution < 1.29 is 19.4 Å². The largest absolute Gasteiger partial charge is 0.481 e. The molecule has 5 saturated carbocycles. The van der Waals surface area contributed by atoms with Crippen molar-refractivity contribution in [2.75, 3.05) is 32.7 Å². The molecule has 0 amide bonds. The van der Waals surface area contributed by atoms with Gasteiger partial charge in [0.2, 0.25) is 0 Å². The molecule has 0 spiro atoms. The molecule has 1 heterocycles. The molecule has 0 radical (unpaired) electrons. The van der Waals surface area contributed by atoms with E-state index in [9.17, 15) is 14.7 Å². The first-order chi connectivity index (χ1) is 23.6. The Hall–Kier alpha value is -1.44. The molecule has 7 heteroatoms. The zero-order chi connectivity index (χ0) is 37.6. The van der Waals surface area contributed by atoms with Crippen LogP contribution in [0.25, 0.3) is 0 Å². The Morgan fingerprint density at radius 3 is 2.10 bits per heavy atom. The maximum absolute atomic E-state index is 13.1. The number of hydrogen-bond donors (Lipinski definition) is 2. The van der Waals surface area contributed by atoms with Crippen molar-refractivity contribution in [3.05, 3.63) is 12.2 Å². The first-order valence-corrected chi connectivity index (χ1v) is 20.9. The Kier molecular flexibility index (Phi) is 10.1. The standard InChI is InChI=1S/C44H75N3O4/c1-29(2)31-14-19-43(22-23-46-24-26-47(27-25-46)30(3)4)21-20-42(11)34(44(31,43)45)13-12-33-40(9)17-16-35(51-36(48)28-38(5,6)37(49)50)39(7,8)32(40)15-18-41(33,42)10/h30-35H,1,12-28,45H2,2-11H3,(H,49,50)/t31-,32-,33+,34?,35-,40?,41+,42+,43+,44-/m0/s1. The summed E-state index contributed by atoms with van der Waals surface area (Å²) >= 11 is 0. The number of nitrogens with two attached hydrogens (primary N) is 1. The summed E-state index contributed by atoms with van der Waals surface area (Å²) in [5.41, 5.74) is 8.68. The van der Waals surface area contributed by atoms with Crippen LogP contribution in [0.2, 0.25) is 0 Å². The number of hydrogen-bond acceptors (Lipinski definition) is 6. The number of carboxylic acid groups (broad SMARTS) is 1. The van der Waals surface area contributed by atoms with Crippen LogP contribution in [0.5, 0.6) is 0 Å². The Balaban J connectivity index is 1.24. The molecule has 7 nitrogen and oxygen atoms in total. The lowest BCUT2D eigenvalue weighted by Crippen LogP contribution is -2.74. The monoisotopic (exact) mass is 710 g/mol. The van der Waals surface area contributed by atoms with Gasteiger partial charge in [0.15, 0.2) is 0 Å². The number of aliphatic carboxylic acids is 1. The van der Waals surface area contributed by atoms with E-state index < -0.39 is 11.4 Å². The van der Waals surface area contributed by atoms with Crippen LogP contribution < -0.4 is 5.73 Å². The summed E-state index contributed by atoms with van der Waals surface area (Å²) in [7, 11) is 0. The second kappa shape index (κ2) is 13.1. The average molecular weight is 710 g/mol. The molecule has 10 atom stereocenters. The molecular weight excluding hydrogens is 635 g/mol. The summed E-state index contributed by atoms with van der Waals surface area (Å²) < 4.78 is 6.21. The molecule has 2 unspecified atom stereocenters. The minimum absolute atomic E-state index is 0.0977. The van der Waals surface area contributed by atoms with Crippen LogP contribution in [0.15, 0.2) is 12.2 Å². The number of rotatable bonds is 9. The van der Waals surface area contributed by atoms with E-state index in [2.05, 4.69) is 71.8 Å². The van der Waals surface area contributed by atoms with E-state index in [1.807, 2.05) is 0 Å². The van der Waals surface area contributed by atoms with Crippen LogP contribution in [0, 0.1) is 56.2 Å². The van der Waals surface area contributed by atoms with Crippen LogP contribution in [-0.2, 0) is 14.3 Å². The third kappa shape index (κ3) is 5.90. The number of ether oxygens (including phenoxy) is 1. The van der Waals surface area contributed by atoms with Gasteiger partial charge in [-0.25, -0.2) is 0 Å². The highest BCUT2D eigenvalue weighted by Crippen LogP contribution is 2.78. The van der Waals surface area contributed by atoms with Crippen molar-refractivity contribution in [1.82, 2.24) is 9.80 Å². The number of carbonyl (C=O) groups is 2. The van der Waals surface area contributed by atoms with Gasteiger partial charge in [-0.1, -0.05) is 46.8 Å². The molecule has 1 aliphatic heterocycles. The van der Waals surface area contributed by atoms with Gasteiger partial charge >= 0.3 is 11.9 Å². The van der Waals surface area contributed by atoms with Gasteiger partial charge in [0, 0.05) is 43.2 Å². The van der Waals surface area contributed by atoms with E-state index in [-0.39, 0.29) is 51.1 Å². The third-order valence-electron chi connectivity index (χ3n) is 18.0. The minimum Gasteiger partial charge on any atom is -0.481 e. The van der Waals surface area contributed by atoms with E-state index >= 15 is 0 Å². The normalized spacial score (nSPS) is 44.2. The van der Waals surface area contributed by atoms with Crippen molar-refractivity contribution >= 4 is 11.9 Å². The zero-order valence-corrected chi connectivity index (χ0v) is 34.3. The van der Waals surface area contributed by atoms with Gasteiger partial charge in [0.25, 0.3) is 0 Å². The summed E-state index contributed by atoms with van der Waals surface area (Å²) in [6.45, 7) is 33.2. The SMILES string of the molecule is C=C(C)[C@@H]1CC[C@]2(CCN3CCN(C(C)C)CC3)CC[C@]3(C)C(CC[C@@H]4C5(C)CC[C@H](OC(=O)CC(C)(C)C(=O)O)C(C)(C)[C@@H]5CC[C@]43C)[C@@]12N. The van der Waals surface area contributed by atoms with E-state index in [0.29, 0.717) is 29.7 Å². The Morgan fingerprint density at radius 2 is 1.49 bits per heavy atom. The molecule has 6 rings (SSSR count). The Morgan fingerprint density at radius 1 is 0.863 bits per heavy atom. The van der Waals surface area contributed by atoms with Crippen LogP contribution in [0.1, 0.15) is 146 Å². The van der Waals surface area contributed by atoms with Crippen molar-refractivity contribution in [2.24, 2.45) is 61.9 Å². The third-order valence-corrected chi connectivity index (χ3v) is 18.0. The summed E-state index contributed by atoms with van der Waals surface area (Å²) in [5, 5.41) is 9.63. The predicted molar refractivity (Wildman–Crippen MR) is 206 cm³/mol. The molecule has 5 aliphatic carbocycles. The lowest BCUT2D eigenvalue weighted by Gasteiger charge is -2.74. The first-order valence-electron chi connectivity index (χ1n) is 20.9. The molecule has 0 aromatic heterocycles. The van der Waals surface area contributed by atoms with E-state index in [1.165, 1.54) is 89.7 Å². The highest BCUT2D eigenvalue weighted by Gasteiger charge is 2.74. The van der Waals surface area contributed by atoms with Crippen LogP contribution in [0.4, 0.5) is 0 Å². The maximum atomic E-state index is 13.1. The average Bonchev–Trinajstić information content (AvgIpc) is 3.34.